The molecule has 0 saturated carbocycles. The van der Waals surface area contributed by atoms with Gasteiger partial charge in [-0.3, -0.25) is 4.79 Å². The van der Waals surface area contributed by atoms with Crippen molar-refractivity contribution in [3.8, 4) is 0 Å². The Hall–Kier alpha value is -3.59. The maximum absolute atomic E-state index is 11.6. The van der Waals surface area contributed by atoms with Gasteiger partial charge in [0.2, 0.25) is 5.65 Å². The first kappa shape index (κ1) is 21.6. The standard InChI is InChI=1S/C16H13N7O.C7H14O/c1-17-16(24)10-6-8-11(9-7-10)18-14-15-20-21-22-23(15)13-5-3-2-4-12(13)19-14;1-2-4-7-5-3-6-8-7/h2-9H,1H3,(H,17,24)(H,18,19);7H,2-6H2,1H3. The predicted octanol–water partition coefficient (Wildman–Crippen LogP) is 3.74. The van der Waals surface area contributed by atoms with Gasteiger partial charge in [0.15, 0.2) is 5.82 Å². The average Bonchev–Trinajstić information content (AvgIpc) is 3.52. The summed E-state index contributed by atoms with van der Waals surface area (Å²) in [6, 6.07) is 14.7. The van der Waals surface area contributed by atoms with E-state index in [2.05, 4.69) is 38.1 Å². The normalized spacial score (nSPS) is 15.4. The highest BCUT2D eigenvalue weighted by atomic mass is 16.5. The largest absolute Gasteiger partial charge is 0.378 e. The van der Waals surface area contributed by atoms with Crippen LogP contribution in [0.4, 0.5) is 11.5 Å². The molecule has 1 fully saturated rings. The van der Waals surface area contributed by atoms with Crippen LogP contribution in [0.1, 0.15) is 43.0 Å². The fourth-order valence-corrected chi connectivity index (χ4v) is 3.67. The number of ether oxygens (including phenoxy) is 1. The summed E-state index contributed by atoms with van der Waals surface area (Å²) in [5.74, 6) is 0.417. The maximum Gasteiger partial charge on any atom is 0.251 e. The smallest absolute Gasteiger partial charge is 0.251 e. The van der Waals surface area contributed by atoms with Crippen LogP contribution in [-0.2, 0) is 4.74 Å². The summed E-state index contributed by atoms with van der Waals surface area (Å²) >= 11 is 0. The topological polar surface area (TPSA) is 106 Å². The molecule has 0 aliphatic carbocycles. The lowest BCUT2D eigenvalue weighted by molar-refractivity contribution is 0.0963. The first-order chi connectivity index (χ1) is 15.7. The number of carbonyl (C=O) groups excluding carboxylic acids is 1. The monoisotopic (exact) mass is 433 g/mol. The average molecular weight is 434 g/mol. The number of nitrogens with one attached hydrogen (secondary N) is 2. The van der Waals surface area contributed by atoms with Gasteiger partial charge >= 0.3 is 0 Å². The van der Waals surface area contributed by atoms with Crippen molar-refractivity contribution in [2.45, 2.75) is 38.7 Å². The number of aromatic nitrogens is 5. The molecular formula is C23H27N7O2. The first-order valence-electron chi connectivity index (χ1n) is 10.9. The minimum atomic E-state index is -0.130. The van der Waals surface area contributed by atoms with Gasteiger partial charge in [-0.25, -0.2) is 4.98 Å². The van der Waals surface area contributed by atoms with Crippen LogP contribution in [0.2, 0.25) is 0 Å². The van der Waals surface area contributed by atoms with E-state index < -0.39 is 0 Å². The van der Waals surface area contributed by atoms with Crippen LogP contribution in [0.3, 0.4) is 0 Å². The number of rotatable bonds is 5. The molecule has 0 radical (unpaired) electrons. The summed E-state index contributed by atoms with van der Waals surface area (Å²) in [6.45, 7) is 3.21. The van der Waals surface area contributed by atoms with Gasteiger partial charge in [0.05, 0.1) is 17.1 Å². The zero-order valence-electron chi connectivity index (χ0n) is 18.3. The lowest BCUT2D eigenvalue weighted by atomic mass is 10.1. The van der Waals surface area contributed by atoms with Crippen molar-refractivity contribution in [1.29, 1.82) is 0 Å². The van der Waals surface area contributed by atoms with Gasteiger partial charge in [-0.1, -0.05) is 25.5 Å². The lowest BCUT2D eigenvalue weighted by Crippen LogP contribution is -2.17. The third kappa shape index (κ3) is 4.83. The van der Waals surface area contributed by atoms with Crippen molar-refractivity contribution in [1.82, 2.24) is 30.3 Å². The molecule has 2 aromatic heterocycles. The van der Waals surface area contributed by atoms with Crippen molar-refractivity contribution in [3.05, 3.63) is 54.1 Å². The van der Waals surface area contributed by atoms with Gasteiger partial charge in [0.1, 0.15) is 0 Å². The van der Waals surface area contributed by atoms with E-state index >= 15 is 0 Å². The summed E-state index contributed by atoms with van der Waals surface area (Å²) in [6.07, 6.45) is 5.73. The first-order valence-corrected chi connectivity index (χ1v) is 10.9. The molecule has 32 heavy (non-hydrogen) atoms. The third-order valence-electron chi connectivity index (χ3n) is 5.30. The van der Waals surface area contributed by atoms with Crippen molar-refractivity contribution in [3.63, 3.8) is 0 Å². The highest BCUT2D eigenvalue weighted by Crippen LogP contribution is 2.22. The van der Waals surface area contributed by atoms with Crippen LogP contribution >= 0.6 is 0 Å². The molecule has 1 unspecified atom stereocenters. The quantitative estimate of drug-likeness (QED) is 0.494. The highest BCUT2D eigenvalue weighted by molar-refractivity contribution is 5.94. The summed E-state index contributed by atoms with van der Waals surface area (Å²) in [5.41, 5.74) is 3.52. The lowest BCUT2D eigenvalue weighted by Gasteiger charge is -2.08. The summed E-state index contributed by atoms with van der Waals surface area (Å²) in [5, 5.41) is 17.6. The zero-order valence-corrected chi connectivity index (χ0v) is 18.3. The van der Waals surface area contributed by atoms with Crippen LogP contribution in [-0.4, -0.2) is 50.7 Å². The van der Waals surface area contributed by atoms with E-state index in [1.807, 2.05) is 36.4 Å². The Balaban J connectivity index is 0.000000260. The number of fused-ring (bicyclic) bond motifs is 3. The molecule has 3 heterocycles. The van der Waals surface area contributed by atoms with Crippen molar-refractivity contribution < 1.29 is 9.53 Å². The Labute approximate surface area is 186 Å². The Morgan fingerprint density at radius 2 is 2.00 bits per heavy atom. The number of amides is 1. The molecule has 0 spiro atoms. The second-order valence-electron chi connectivity index (χ2n) is 7.57. The molecule has 1 aliphatic rings. The van der Waals surface area contributed by atoms with Gasteiger partial charge < -0.3 is 15.4 Å². The van der Waals surface area contributed by atoms with E-state index in [4.69, 9.17) is 4.74 Å². The molecule has 5 rings (SSSR count). The van der Waals surface area contributed by atoms with Crippen LogP contribution in [0.25, 0.3) is 16.7 Å². The number of tetrazole rings is 1. The van der Waals surface area contributed by atoms with Crippen LogP contribution in [0.15, 0.2) is 48.5 Å². The Bertz CT molecular complexity index is 1180. The number of anilines is 2. The molecule has 166 valence electrons. The number of hydrogen-bond donors (Lipinski definition) is 2. The molecule has 4 aromatic rings. The second-order valence-corrected chi connectivity index (χ2v) is 7.57. The molecular weight excluding hydrogens is 406 g/mol. The number of para-hydroxylation sites is 2. The van der Waals surface area contributed by atoms with E-state index in [1.54, 1.807) is 23.7 Å². The third-order valence-corrected chi connectivity index (χ3v) is 5.30. The van der Waals surface area contributed by atoms with Crippen LogP contribution < -0.4 is 10.6 Å². The zero-order chi connectivity index (χ0) is 22.3. The minimum Gasteiger partial charge on any atom is -0.378 e. The number of carbonyl (C=O) groups is 1. The fourth-order valence-electron chi connectivity index (χ4n) is 3.67. The number of benzene rings is 2. The van der Waals surface area contributed by atoms with E-state index in [0.29, 0.717) is 23.1 Å². The molecule has 1 aliphatic heterocycles. The van der Waals surface area contributed by atoms with E-state index in [1.165, 1.54) is 25.7 Å². The van der Waals surface area contributed by atoms with Crippen LogP contribution in [0.5, 0.6) is 0 Å². The van der Waals surface area contributed by atoms with Gasteiger partial charge in [0, 0.05) is 24.9 Å². The molecule has 9 heteroatoms. The Morgan fingerprint density at radius 3 is 2.72 bits per heavy atom. The molecule has 1 atom stereocenters. The van der Waals surface area contributed by atoms with Crippen molar-refractivity contribution >= 4 is 34.1 Å². The van der Waals surface area contributed by atoms with Gasteiger partial charge in [-0.15, -0.1) is 5.10 Å². The van der Waals surface area contributed by atoms with Gasteiger partial charge in [-0.2, -0.15) is 4.52 Å². The molecule has 1 saturated heterocycles. The molecule has 2 N–H and O–H groups in total. The van der Waals surface area contributed by atoms with E-state index in [0.717, 1.165) is 23.3 Å². The molecule has 9 nitrogen and oxygen atoms in total. The second kappa shape index (κ2) is 10.1. The molecule has 1 amide bonds. The number of nitrogens with zero attached hydrogens (tertiary/aromatic N) is 5. The van der Waals surface area contributed by atoms with E-state index in [-0.39, 0.29) is 5.91 Å². The molecule has 0 bridgehead atoms. The van der Waals surface area contributed by atoms with Crippen LogP contribution in [0, 0.1) is 0 Å². The summed E-state index contributed by atoms with van der Waals surface area (Å²) in [4.78, 5) is 16.2. The SMILES string of the molecule is CCCC1CCCO1.CNC(=O)c1ccc(Nc2nc3ccccc3n3nnnc23)cc1. The van der Waals surface area contributed by atoms with Crippen molar-refractivity contribution in [2.24, 2.45) is 0 Å². The van der Waals surface area contributed by atoms with E-state index in [9.17, 15) is 4.79 Å². The maximum atomic E-state index is 11.6. The number of hydrogen-bond acceptors (Lipinski definition) is 7. The Morgan fingerprint density at radius 1 is 1.19 bits per heavy atom. The van der Waals surface area contributed by atoms with Gasteiger partial charge in [0.25, 0.3) is 5.91 Å². The van der Waals surface area contributed by atoms with Gasteiger partial charge in [-0.05, 0) is 66.1 Å². The summed E-state index contributed by atoms with van der Waals surface area (Å²) in [7, 11) is 1.60. The minimum absolute atomic E-state index is 0.130. The molecule has 2 aromatic carbocycles. The summed E-state index contributed by atoms with van der Waals surface area (Å²) < 4.78 is 7.04. The Kier molecular flexibility index (Phi) is 6.86. The highest BCUT2D eigenvalue weighted by Gasteiger charge is 2.13. The predicted molar refractivity (Wildman–Crippen MR) is 123 cm³/mol. The van der Waals surface area contributed by atoms with Crippen molar-refractivity contribution in [2.75, 3.05) is 19.0 Å². The fraction of sp³-hybridized carbons (Fsp3) is 0.348.